The van der Waals surface area contributed by atoms with Crippen LogP contribution < -0.4 is 5.32 Å². The summed E-state index contributed by atoms with van der Waals surface area (Å²) >= 11 is 0. The second-order valence-electron chi connectivity index (χ2n) is 8.58. The van der Waals surface area contributed by atoms with Crippen molar-refractivity contribution in [3.8, 4) is 0 Å². The average Bonchev–Trinajstić information content (AvgIpc) is 3.41. The van der Waals surface area contributed by atoms with E-state index in [1.54, 1.807) is 11.0 Å². The van der Waals surface area contributed by atoms with Gasteiger partial charge in [-0.05, 0) is 12.8 Å². The van der Waals surface area contributed by atoms with Gasteiger partial charge in [-0.15, -0.1) is 0 Å². The summed E-state index contributed by atoms with van der Waals surface area (Å²) in [4.78, 5) is 21.0. The molecule has 1 saturated heterocycles. The number of oxime groups is 1. The molecule has 160 valence electrons. The Morgan fingerprint density at radius 3 is 2.70 bits per heavy atom. The van der Waals surface area contributed by atoms with E-state index in [9.17, 15) is 9.90 Å². The molecule has 0 spiro atoms. The highest BCUT2D eigenvalue weighted by atomic mass is 16.7. The molecule has 2 N–H and O–H groups in total. The highest BCUT2D eigenvalue weighted by Gasteiger charge is 2.46. The zero-order valence-electron chi connectivity index (χ0n) is 17.7. The molecule has 2 aliphatic heterocycles. The first-order valence-electron chi connectivity index (χ1n) is 10.3. The number of carbonyl (C=O) groups excluding carboxylic acids is 1. The molecule has 30 heavy (non-hydrogen) atoms. The van der Waals surface area contributed by atoms with Gasteiger partial charge in [-0.25, -0.2) is 0 Å². The van der Waals surface area contributed by atoms with Gasteiger partial charge in [-0.3, -0.25) is 4.79 Å². The van der Waals surface area contributed by atoms with Crippen LogP contribution in [0.15, 0.2) is 46.1 Å². The van der Waals surface area contributed by atoms with Gasteiger partial charge in [0.1, 0.15) is 11.7 Å². The van der Waals surface area contributed by atoms with E-state index in [2.05, 4.69) is 15.6 Å². The molecule has 4 atom stereocenters. The van der Waals surface area contributed by atoms with Crippen LogP contribution in [0, 0.1) is 12.8 Å². The first-order valence-corrected chi connectivity index (χ1v) is 10.3. The van der Waals surface area contributed by atoms with Gasteiger partial charge in [0, 0.05) is 31.5 Å². The molecule has 0 radical (unpaired) electrons. The fourth-order valence-electron chi connectivity index (χ4n) is 4.22. The molecule has 1 aromatic carbocycles. The average molecular weight is 412 g/mol. The van der Waals surface area contributed by atoms with Crippen LogP contribution in [0.2, 0.25) is 0 Å². The van der Waals surface area contributed by atoms with E-state index in [4.69, 9.17) is 9.36 Å². The number of aliphatic hydroxyl groups excluding tert-OH is 1. The summed E-state index contributed by atoms with van der Waals surface area (Å²) in [6, 6.07) is 11.1. The smallest absolute Gasteiger partial charge is 0.234 e. The first-order chi connectivity index (χ1) is 14.3. The van der Waals surface area contributed by atoms with E-state index in [-0.39, 0.29) is 18.4 Å². The van der Waals surface area contributed by atoms with Crippen molar-refractivity contribution in [3.63, 3.8) is 0 Å². The molecule has 1 aromatic heterocycles. The van der Waals surface area contributed by atoms with Gasteiger partial charge in [-0.1, -0.05) is 54.5 Å². The second-order valence-corrected chi connectivity index (χ2v) is 8.58. The van der Waals surface area contributed by atoms with Gasteiger partial charge in [0.2, 0.25) is 11.6 Å². The Kier molecular flexibility index (Phi) is 5.27. The first kappa shape index (κ1) is 20.4. The van der Waals surface area contributed by atoms with E-state index < -0.39 is 23.8 Å². The maximum Gasteiger partial charge on any atom is 0.234 e. The van der Waals surface area contributed by atoms with Gasteiger partial charge in [0.25, 0.3) is 0 Å². The Hall–Kier alpha value is -2.87. The highest BCUT2D eigenvalue weighted by Crippen LogP contribution is 2.33. The molecule has 1 amide bonds. The van der Waals surface area contributed by atoms with Crippen LogP contribution >= 0.6 is 0 Å². The monoisotopic (exact) mass is 412 g/mol. The molecule has 0 aliphatic carbocycles. The summed E-state index contributed by atoms with van der Waals surface area (Å²) in [6.45, 7) is 7.91. The van der Waals surface area contributed by atoms with Gasteiger partial charge < -0.3 is 24.7 Å². The highest BCUT2D eigenvalue weighted by molar-refractivity contribution is 5.94. The van der Waals surface area contributed by atoms with E-state index in [0.29, 0.717) is 18.0 Å². The number of β-amino-alcohol motifs (C(OH)–C–C–N with tert-alkyl or cyclic N) is 1. The second kappa shape index (κ2) is 7.75. The number of aryl methyl sites for hydroxylation is 1. The molecule has 0 saturated carbocycles. The number of nitrogens with zero attached hydrogens (tertiary/aromatic N) is 3. The summed E-state index contributed by atoms with van der Waals surface area (Å²) in [5.41, 5.74) is 0.839. The summed E-state index contributed by atoms with van der Waals surface area (Å²) in [7, 11) is 0. The molecule has 2 aliphatic rings. The van der Waals surface area contributed by atoms with Gasteiger partial charge in [0.15, 0.2) is 5.84 Å². The summed E-state index contributed by atoms with van der Waals surface area (Å²) in [6.07, 6.45) is -0.234. The van der Waals surface area contributed by atoms with Crippen LogP contribution in [-0.4, -0.2) is 45.6 Å². The lowest BCUT2D eigenvalue weighted by Crippen LogP contribution is -2.50. The number of benzene rings is 1. The van der Waals surface area contributed by atoms with Crippen molar-refractivity contribution in [2.75, 3.05) is 6.54 Å². The van der Waals surface area contributed by atoms with Gasteiger partial charge in [-0.2, -0.15) is 0 Å². The number of aromatic nitrogens is 1. The lowest BCUT2D eigenvalue weighted by molar-refractivity contribution is -0.134. The normalized spacial score (nSPS) is 27.0. The number of amides is 1. The lowest BCUT2D eigenvalue weighted by Gasteiger charge is -2.30. The van der Waals surface area contributed by atoms with E-state index in [1.165, 1.54) is 0 Å². The van der Waals surface area contributed by atoms with Crippen molar-refractivity contribution >= 4 is 11.7 Å². The van der Waals surface area contributed by atoms with E-state index >= 15 is 0 Å². The number of hydrogen-bond donors (Lipinski definition) is 2. The lowest BCUT2D eigenvalue weighted by atomic mass is 9.91. The third-order valence-corrected chi connectivity index (χ3v) is 5.78. The predicted molar refractivity (Wildman–Crippen MR) is 110 cm³/mol. The molecule has 1 fully saturated rings. The summed E-state index contributed by atoms with van der Waals surface area (Å²) in [5.74, 6) is 0.498. The maximum atomic E-state index is 13.5. The molecule has 4 rings (SSSR count). The number of rotatable bonds is 5. The Morgan fingerprint density at radius 2 is 2.07 bits per heavy atom. The third kappa shape index (κ3) is 3.67. The molecule has 8 nitrogen and oxygen atoms in total. The largest absolute Gasteiger partial charge is 0.391 e. The number of hydrogen-bond acceptors (Lipinski definition) is 7. The number of nitrogens with one attached hydrogen (secondary N) is 1. The van der Waals surface area contributed by atoms with Gasteiger partial charge in [0.05, 0.1) is 17.8 Å². The minimum atomic E-state index is -0.821. The number of carbonyl (C=O) groups is 1. The Balaban J connectivity index is 1.57. The van der Waals surface area contributed by atoms with Crippen molar-refractivity contribution in [1.82, 2.24) is 15.4 Å². The fraction of sp³-hybridized carbons (Fsp3) is 0.500. The van der Waals surface area contributed by atoms with E-state index in [0.717, 1.165) is 11.3 Å². The van der Waals surface area contributed by atoms with Crippen LogP contribution in [0.25, 0.3) is 0 Å². The molecular formula is C22H28N4O4. The number of likely N-dealkylation sites (tertiary alicyclic amines) is 1. The van der Waals surface area contributed by atoms with Crippen molar-refractivity contribution in [1.29, 1.82) is 0 Å². The van der Waals surface area contributed by atoms with Crippen LogP contribution in [0.5, 0.6) is 0 Å². The minimum absolute atomic E-state index is 0.00699. The predicted octanol–water partition coefficient (Wildman–Crippen LogP) is 2.49. The maximum absolute atomic E-state index is 13.5. The molecule has 2 aromatic rings. The molecule has 3 heterocycles. The Morgan fingerprint density at radius 1 is 1.33 bits per heavy atom. The van der Waals surface area contributed by atoms with Crippen LogP contribution in [0.1, 0.15) is 50.1 Å². The molecule has 8 heteroatoms. The number of aliphatic hydroxyl groups is 1. The quantitative estimate of drug-likeness (QED) is 0.783. The fourth-order valence-corrected chi connectivity index (χ4v) is 4.22. The Labute approximate surface area is 175 Å². The zero-order valence-corrected chi connectivity index (χ0v) is 17.7. The molecule has 0 unspecified atom stereocenters. The van der Waals surface area contributed by atoms with Crippen LogP contribution in [-0.2, 0) is 15.4 Å². The third-order valence-electron chi connectivity index (χ3n) is 5.78. The molecule has 0 bridgehead atoms. The van der Waals surface area contributed by atoms with Crippen molar-refractivity contribution in [2.45, 2.75) is 57.9 Å². The standard InChI is InChI=1S/C22H28N4O4/c1-13(2)19(18-10-14(3)24-29-18)21(28)26-12-16(27)11-17(26)20-23-22(4,30-25-20)15-8-6-5-7-9-15/h5-10,13,16-17,19,27H,11-12H2,1-4H3,(H,23,25)/t16-,17+,19-,22-/m1/s1. The topological polar surface area (TPSA) is 100 Å². The SMILES string of the molecule is Cc1cc([C@H](C(=O)N2C[C@H](O)C[C@H]2C2=NO[C@](C)(c3ccccc3)N2)C(C)C)on1. The van der Waals surface area contributed by atoms with Gasteiger partial charge >= 0.3 is 0 Å². The summed E-state index contributed by atoms with van der Waals surface area (Å²) in [5, 5.41) is 21.9. The minimum Gasteiger partial charge on any atom is -0.391 e. The summed E-state index contributed by atoms with van der Waals surface area (Å²) < 4.78 is 5.42. The van der Waals surface area contributed by atoms with Crippen molar-refractivity contribution < 1.29 is 19.3 Å². The van der Waals surface area contributed by atoms with Crippen LogP contribution in [0.4, 0.5) is 0 Å². The van der Waals surface area contributed by atoms with E-state index in [1.807, 2.05) is 58.0 Å². The molecular weight excluding hydrogens is 384 g/mol. The number of amidine groups is 1. The Bertz CT molecular complexity index is 942. The zero-order chi connectivity index (χ0) is 21.5. The van der Waals surface area contributed by atoms with Crippen molar-refractivity contribution in [3.05, 3.63) is 53.4 Å². The van der Waals surface area contributed by atoms with Crippen LogP contribution in [0.3, 0.4) is 0 Å². The van der Waals surface area contributed by atoms with Crippen molar-refractivity contribution in [2.24, 2.45) is 11.1 Å².